The number of urea groups is 2. The van der Waals surface area contributed by atoms with E-state index in [1.54, 1.807) is 34.6 Å². The van der Waals surface area contributed by atoms with Crippen molar-refractivity contribution in [3.05, 3.63) is 35.0 Å². The lowest BCUT2D eigenvalue weighted by Gasteiger charge is -2.38. The predicted octanol–water partition coefficient (Wildman–Crippen LogP) is 0.194. The third-order valence-electron chi connectivity index (χ3n) is 5.93. The van der Waals surface area contributed by atoms with Gasteiger partial charge in [0.1, 0.15) is 23.9 Å². The average molecular weight is 557 g/mol. The first kappa shape index (κ1) is 30.0. The topological polar surface area (TPSA) is 235 Å². The first-order chi connectivity index (χ1) is 17.2. The van der Waals surface area contributed by atoms with Gasteiger partial charge in [-0.2, -0.15) is 0 Å². The predicted molar refractivity (Wildman–Crippen MR) is 130 cm³/mol. The van der Waals surface area contributed by atoms with E-state index in [1.807, 2.05) is 0 Å². The van der Waals surface area contributed by atoms with Crippen LogP contribution in [0.15, 0.2) is 21.6 Å². The second-order valence-corrected chi connectivity index (χ2v) is 9.56. The highest BCUT2D eigenvalue weighted by Gasteiger charge is 2.54. The van der Waals surface area contributed by atoms with Gasteiger partial charge in [-0.05, 0) is 34.6 Å². The molecule has 208 valence electrons. The lowest BCUT2D eigenvalue weighted by Crippen LogP contribution is -2.58. The number of carboxylic acid groups (broad SMARTS) is 1. The number of aromatic nitrogens is 2. The lowest BCUT2D eigenvalue weighted by molar-refractivity contribution is -0.125. The summed E-state index contributed by atoms with van der Waals surface area (Å²) < 4.78 is 9.58. The largest absolute Gasteiger partial charge is 0.465 e. The van der Waals surface area contributed by atoms with Crippen LogP contribution in [0, 0.1) is 13.8 Å². The maximum atomic E-state index is 12.3. The average Bonchev–Trinajstić information content (AvgIpc) is 3.54. The summed E-state index contributed by atoms with van der Waals surface area (Å²) in [7, 11) is 0. The van der Waals surface area contributed by atoms with Gasteiger partial charge in [-0.3, -0.25) is 20.2 Å². The van der Waals surface area contributed by atoms with Crippen LogP contribution in [0.1, 0.15) is 43.3 Å². The zero-order chi connectivity index (χ0) is 27.8. The number of imide groups is 2. The second-order valence-electron chi connectivity index (χ2n) is 9.56. The van der Waals surface area contributed by atoms with E-state index in [-0.39, 0.29) is 31.2 Å². The number of nitrogens with one attached hydrogen (secondary N) is 4. The van der Waals surface area contributed by atoms with Crippen molar-refractivity contribution in [1.82, 2.24) is 36.5 Å². The third-order valence-corrected chi connectivity index (χ3v) is 5.93. The van der Waals surface area contributed by atoms with E-state index in [9.17, 15) is 29.1 Å². The van der Waals surface area contributed by atoms with Crippen molar-refractivity contribution in [2.75, 3.05) is 13.1 Å². The van der Waals surface area contributed by atoms with Crippen molar-refractivity contribution in [2.24, 2.45) is 5.73 Å². The van der Waals surface area contributed by atoms with Crippen LogP contribution in [-0.2, 0) is 20.7 Å². The van der Waals surface area contributed by atoms with E-state index in [2.05, 4.69) is 31.6 Å². The van der Waals surface area contributed by atoms with Gasteiger partial charge in [-0.15, -0.1) is 12.4 Å². The molecule has 2 aromatic heterocycles. The SMILES string of the molecule is Cc1conc1[C@@]1(CN(C(=O)O)C(C)(C)C)NC(=O)NC1=O.Cc1conc1[C@@]1(CN)NC(=O)NC1=O.Cl. The van der Waals surface area contributed by atoms with Gasteiger partial charge in [0.05, 0.1) is 6.54 Å². The van der Waals surface area contributed by atoms with Crippen molar-refractivity contribution in [1.29, 1.82) is 0 Å². The normalized spacial score (nSPS) is 22.4. The van der Waals surface area contributed by atoms with Crippen LogP contribution in [-0.4, -0.2) is 68.9 Å². The lowest BCUT2D eigenvalue weighted by atomic mass is 9.90. The number of carbonyl (C=O) groups excluding carboxylic acids is 4. The molecule has 4 rings (SSSR count). The third kappa shape index (κ3) is 5.26. The summed E-state index contributed by atoms with van der Waals surface area (Å²) in [5, 5.41) is 26.1. The molecule has 2 saturated heterocycles. The summed E-state index contributed by atoms with van der Waals surface area (Å²) >= 11 is 0. The van der Waals surface area contributed by atoms with Gasteiger partial charge in [-0.1, -0.05) is 10.3 Å². The molecule has 16 nitrogen and oxygen atoms in total. The molecule has 0 radical (unpaired) electrons. The van der Waals surface area contributed by atoms with Gasteiger partial charge in [0.25, 0.3) is 11.8 Å². The van der Waals surface area contributed by atoms with E-state index < -0.39 is 46.6 Å². The minimum Gasteiger partial charge on any atom is -0.465 e. The van der Waals surface area contributed by atoms with Gasteiger partial charge in [0.2, 0.25) is 0 Å². The molecule has 7 N–H and O–H groups in total. The molecular formula is C21H29ClN8O8. The molecule has 38 heavy (non-hydrogen) atoms. The number of hydrogen-bond acceptors (Lipinski definition) is 10. The fraction of sp³-hybridized carbons (Fsp3) is 0.476. The van der Waals surface area contributed by atoms with E-state index in [0.29, 0.717) is 16.8 Å². The van der Waals surface area contributed by atoms with Gasteiger partial charge >= 0.3 is 18.2 Å². The zero-order valence-electron chi connectivity index (χ0n) is 21.2. The van der Waals surface area contributed by atoms with Gasteiger partial charge < -0.3 is 35.4 Å². The molecule has 0 saturated carbocycles. The van der Waals surface area contributed by atoms with Crippen molar-refractivity contribution >= 4 is 42.4 Å². The standard InChI is InChI=1S/C13H18N4O5.C8H10N4O3.ClH/c1-7-5-22-16-8(7)13(9(18)14-10(19)15-13)6-17(11(20)21)12(2,3)4;1-4-2-15-12-5(4)8(3-9)6(13)10-7(14)11-8;/h5H,6H2,1-4H3,(H,20,21)(H2,14,15,18,19);2H,3,9H2,1H3,(H2,10,11,13,14);1H/t13-;8-;/m11./s1. The van der Waals surface area contributed by atoms with Crippen LogP contribution >= 0.6 is 12.4 Å². The molecule has 2 aliphatic rings. The molecular weight excluding hydrogens is 528 g/mol. The van der Waals surface area contributed by atoms with Gasteiger partial charge in [-0.25, -0.2) is 14.4 Å². The fourth-order valence-electron chi connectivity index (χ4n) is 3.97. The number of halogens is 1. The summed E-state index contributed by atoms with van der Waals surface area (Å²) in [6.07, 6.45) is 1.52. The number of nitrogens with two attached hydrogens (primary N) is 1. The van der Waals surface area contributed by atoms with Crippen LogP contribution in [0.5, 0.6) is 0 Å². The quantitative estimate of drug-likeness (QED) is 0.272. The Labute approximate surface area is 222 Å². The van der Waals surface area contributed by atoms with Gasteiger partial charge in [0, 0.05) is 23.2 Å². The summed E-state index contributed by atoms with van der Waals surface area (Å²) in [5.41, 5.74) is 3.57. The molecule has 7 amide bonds. The van der Waals surface area contributed by atoms with E-state index in [1.165, 1.54) is 12.5 Å². The summed E-state index contributed by atoms with van der Waals surface area (Å²) in [6.45, 7) is 8.11. The van der Waals surface area contributed by atoms with Crippen LogP contribution in [0.4, 0.5) is 14.4 Å². The highest BCUT2D eigenvalue weighted by Crippen LogP contribution is 2.30. The molecule has 2 aliphatic heterocycles. The number of hydrogen-bond donors (Lipinski definition) is 6. The molecule has 2 aromatic rings. The molecule has 0 spiro atoms. The van der Waals surface area contributed by atoms with E-state index in [4.69, 9.17) is 14.8 Å². The molecule has 0 bridgehead atoms. The summed E-state index contributed by atoms with van der Waals surface area (Å²) in [5.74, 6) is -1.17. The first-order valence-corrected chi connectivity index (χ1v) is 11.0. The summed E-state index contributed by atoms with van der Waals surface area (Å²) in [4.78, 5) is 59.3. The minimum absolute atomic E-state index is 0. The molecule has 2 fully saturated rings. The highest BCUT2D eigenvalue weighted by molar-refractivity contribution is 6.08. The molecule has 17 heteroatoms. The number of carbonyl (C=O) groups is 5. The molecule has 0 aromatic carbocycles. The first-order valence-electron chi connectivity index (χ1n) is 11.0. The fourth-order valence-corrected chi connectivity index (χ4v) is 3.97. The number of rotatable bonds is 5. The Hall–Kier alpha value is -4.18. The van der Waals surface area contributed by atoms with Crippen molar-refractivity contribution in [2.45, 2.75) is 51.2 Å². The Morgan fingerprint density at radius 3 is 1.66 bits per heavy atom. The van der Waals surface area contributed by atoms with Crippen molar-refractivity contribution in [3.8, 4) is 0 Å². The minimum atomic E-state index is -1.61. The zero-order valence-corrected chi connectivity index (χ0v) is 22.0. The second kappa shape index (κ2) is 10.7. The Morgan fingerprint density at radius 2 is 1.37 bits per heavy atom. The Bertz CT molecular complexity index is 1250. The number of aryl methyl sites for hydroxylation is 2. The van der Waals surface area contributed by atoms with E-state index in [0.717, 1.165) is 4.90 Å². The van der Waals surface area contributed by atoms with Crippen molar-refractivity contribution in [3.63, 3.8) is 0 Å². The van der Waals surface area contributed by atoms with Crippen LogP contribution in [0.2, 0.25) is 0 Å². The maximum Gasteiger partial charge on any atom is 0.407 e. The van der Waals surface area contributed by atoms with E-state index >= 15 is 0 Å². The number of amides is 7. The molecule has 0 unspecified atom stereocenters. The molecule has 2 atom stereocenters. The molecule has 4 heterocycles. The Morgan fingerprint density at radius 1 is 0.947 bits per heavy atom. The van der Waals surface area contributed by atoms with Crippen molar-refractivity contribution < 1.29 is 38.1 Å². The van der Waals surface area contributed by atoms with Crippen LogP contribution < -0.4 is 27.0 Å². The van der Waals surface area contributed by atoms with Gasteiger partial charge in [0.15, 0.2) is 11.1 Å². The number of nitrogens with zero attached hydrogens (tertiary/aromatic N) is 3. The Balaban J connectivity index is 0.000000277. The Kier molecular flexibility index (Phi) is 8.43. The monoisotopic (exact) mass is 556 g/mol. The smallest absolute Gasteiger partial charge is 0.407 e. The highest BCUT2D eigenvalue weighted by atomic mass is 35.5. The molecule has 0 aliphatic carbocycles. The van der Waals surface area contributed by atoms with Crippen LogP contribution in [0.25, 0.3) is 0 Å². The van der Waals surface area contributed by atoms with Crippen LogP contribution in [0.3, 0.4) is 0 Å². The summed E-state index contributed by atoms with van der Waals surface area (Å²) in [6, 6.07) is -1.28. The maximum absolute atomic E-state index is 12.3.